The molecule has 0 bridgehead atoms. The van der Waals surface area contributed by atoms with E-state index in [4.69, 9.17) is 24.8 Å². The second kappa shape index (κ2) is 21.4. The maximum atomic E-state index is 12.8. The molecule has 3 aromatic rings. The van der Waals surface area contributed by atoms with Crippen molar-refractivity contribution in [1.29, 1.82) is 5.41 Å². The Balaban J connectivity index is 0.000000944. The number of nitrogens with zero attached hydrogens (tertiary/aromatic N) is 3. The molecular formula is C37H47F3N6O6. The summed E-state index contributed by atoms with van der Waals surface area (Å²) in [5, 5.41) is 20.6. The topological polar surface area (TPSA) is 157 Å². The molecular weight excluding hydrogens is 681 g/mol. The van der Waals surface area contributed by atoms with Gasteiger partial charge < -0.3 is 24.8 Å². The van der Waals surface area contributed by atoms with E-state index in [9.17, 15) is 22.8 Å². The number of rotatable bonds is 15. The summed E-state index contributed by atoms with van der Waals surface area (Å²) < 4.78 is 43.1. The summed E-state index contributed by atoms with van der Waals surface area (Å²) in [6.45, 7) is 7.76. The van der Waals surface area contributed by atoms with E-state index in [1.807, 2.05) is 23.1 Å². The fourth-order valence-electron chi connectivity index (χ4n) is 5.19. The molecule has 1 aromatic heterocycles. The number of carbonyl (C=O) groups is 3. The minimum Gasteiger partial charge on any atom is -0.493 e. The van der Waals surface area contributed by atoms with Gasteiger partial charge in [0.15, 0.2) is 5.96 Å². The van der Waals surface area contributed by atoms with E-state index in [0.29, 0.717) is 44.8 Å². The number of hydrogen-bond donors (Lipinski definition) is 4. The predicted molar refractivity (Wildman–Crippen MR) is 190 cm³/mol. The predicted octanol–water partition coefficient (Wildman–Crippen LogP) is 5.13. The van der Waals surface area contributed by atoms with Gasteiger partial charge in [0.2, 0.25) is 5.91 Å². The van der Waals surface area contributed by atoms with E-state index in [1.165, 1.54) is 5.56 Å². The first-order valence-electron chi connectivity index (χ1n) is 17.1. The molecule has 12 nitrogen and oxygen atoms in total. The second-order valence-electron chi connectivity index (χ2n) is 12.0. The molecule has 0 atom stereocenters. The van der Waals surface area contributed by atoms with Crippen molar-refractivity contribution in [2.75, 3.05) is 53.0 Å². The summed E-state index contributed by atoms with van der Waals surface area (Å²) in [7, 11) is 1.68. The molecule has 15 heteroatoms. The van der Waals surface area contributed by atoms with Crippen molar-refractivity contribution in [3.63, 3.8) is 0 Å². The van der Waals surface area contributed by atoms with Crippen LogP contribution in [0.5, 0.6) is 5.75 Å². The van der Waals surface area contributed by atoms with Gasteiger partial charge in [0, 0.05) is 83.8 Å². The van der Waals surface area contributed by atoms with Gasteiger partial charge in [-0.25, -0.2) is 4.79 Å². The molecule has 2 amide bonds. The first kappa shape index (κ1) is 41.4. The Morgan fingerprint density at radius 1 is 0.981 bits per heavy atom. The Bertz CT molecular complexity index is 1580. The van der Waals surface area contributed by atoms with Gasteiger partial charge in [0.1, 0.15) is 5.75 Å². The Kier molecular flexibility index (Phi) is 17.0. The van der Waals surface area contributed by atoms with Crippen LogP contribution in [0, 0.1) is 5.41 Å². The molecule has 0 radical (unpaired) electrons. The lowest BCUT2D eigenvalue weighted by Gasteiger charge is -2.34. The summed E-state index contributed by atoms with van der Waals surface area (Å²) in [5.41, 5.74) is 4.90. The van der Waals surface area contributed by atoms with Gasteiger partial charge in [0.05, 0.1) is 12.2 Å². The number of piperazine rings is 1. The largest absolute Gasteiger partial charge is 0.493 e. The van der Waals surface area contributed by atoms with E-state index in [1.54, 1.807) is 25.6 Å². The Morgan fingerprint density at radius 3 is 2.29 bits per heavy atom. The molecule has 0 spiro atoms. The van der Waals surface area contributed by atoms with Crippen LogP contribution in [0.3, 0.4) is 0 Å². The number of amides is 2. The van der Waals surface area contributed by atoms with Crippen LogP contribution in [0.15, 0.2) is 67.0 Å². The van der Waals surface area contributed by atoms with Gasteiger partial charge in [0.25, 0.3) is 5.91 Å². The average molecular weight is 729 g/mol. The number of halogens is 3. The molecule has 1 fully saturated rings. The highest BCUT2D eigenvalue weighted by molar-refractivity contribution is 5.95. The number of ether oxygens (including phenoxy) is 2. The molecule has 2 heterocycles. The number of guanidine groups is 1. The van der Waals surface area contributed by atoms with Crippen molar-refractivity contribution in [2.24, 2.45) is 0 Å². The summed E-state index contributed by atoms with van der Waals surface area (Å²) in [6, 6.07) is 18.3. The van der Waals surface area contributed by atoms with E-state index < -0.39 is 12.1 Å². The van der Waals surface area contributed by atoms with Crippen LogP contribution in [-0.4, -0.2) is 103 Å². The van der Waals surface area contributed by atoms with Crippen LogP contribution in [-0.2, 0) is 27.3 Å². The Labute approximate surface area is 301 Å². The highest BCUT2D eigenvalue weighted by Gasteiger charge is 2.38. The maximum absolute atomic E-state index is 12.8. The molecule has 0 aliphatic carbocycles. The zero-order valence-corrected chi connectivity index (χ0v) is 29.5. The number of carboxylic acids is 1. The standard InChI is InChI=1S/C35H46N6O4.C2HF3O2/c1-3-4-17-38-35(36)39-33(42)15-11-27-10-14-31(32(24-27)45-23-6-22-44-2)29-12-8-28(9-13-29)26-40-18-20-41(21-19-40)34(43)30-7-5-16-37-25-30;3-2(4,5)1(6)7/h5,7-10,12-14,16,24-25H,3-4,6,11,15,17-23,26H2,1-2H3,(H3,36,38,39,42);(H,6,7). The molecule has 1 saturated heterocycles. The molecule has 1 aliphatic rings. The van der Waals surface area contributed by atoms with Crippen LogP contribution in [0.1, 0.15) is 54.1 Å². The normalized spacial score (nSPS) is 13.1. The van der Waals surface area contributed by atoms with Crippen LogP contribution >= 0.6 is 0 Å². The summed E-state index contributed by atoms with van der Waals surface area (Å²) >= 11 is 0. The third-order valence-corrected chi connectivity index (χ3v) is 8.02. The van der Waals surface area contributed by atoms with Crippen molar-refractivity contribution >= 4 is 23.7 Å². The number of hydrogen-bond acceptors (Lipinski definition) is 8. The quantitative estimate of drug-likeness (QED) is 0.0947. The molecule has 0 unspecified atom stereocenters. The lowest BCUT2D eigenvalue weighted by molar-refractivity contribution is -0.192. The van der Waals surface area contributed by atoms with Gasteiger partial charge in [-0.05, 0) is 47.7 Å². The fourth-order valence-corrected chi connectivity index (χ4v) is 5.19. The first-order valence-corrected chi connectivity index (χ1v) is 17.1. The van der Waals surface area contributed by atoms with Crippen molar-refractivity contribution in [1.82, 2.24) is 25.4 Å². The van der Waals surface area contributed by atoms with Gasteiger partial charge in [-0.2, -0.15) is 13.2 Å². The summed E-state index contributed by atoms with van der Waals surface area (Å²) in [6.07, 6.45) is 1.80. The number of pyridine rings is 1. The highest BCUT2D eigenvalue weighted by Crippen LogP contribution is 2.32. The zero-order valence-electron chi connectivity index (χ0n) is 29.5. The van der Waals surface area contributed by atoms with E-state index in [2.05, 4.69) is 57.8 Å². The Morgan fingerprint density at radius 2 is 1.67 bits per heavy atom. The van der Waals surface area contributed by atoms with Gasteiger partial charge in [-0.1, -0.05) is 49.7 Å². The molecule has 0 saturated carbocycles. The SMILES string of the molecule is CCCCNC(=N)NC(=O)CCc1ccc(-c2ccc(CN3CCN(C(=O)c4cccnc4)CC3)cc2)c(OCCCOC)c1.O=C(O)C(F)(F)F. The van der Waals surface area contributed by atoms with Crippen LogP contribution in [0.4, 0.5) is 13.2 Å². The number of aromatic nitrogens is 1. The fraction of sp³-hybridized carbons (Fsp3) is 0.432. The minimum atomic E-state index is -5.08. The highest BCUT2D eigenvalue weighted by atomic mass is 19.4. The summed E-state index contributed by atoms with van der Waals surface area (Å²) in [5.74, 6) is -2.08. The van der Waals surface area contributed by atoms with Crippen molar-refractivity contribution in [2.45, 2.75) is 51.7 Å². The Hall–Kier alpha value is -5.02. The molecule has 52 heavy (non-hydrogen) atoms. The molecule has 1 aliphatic heterocycles. The number of alkyl halides is 3. The number of nitrogens with one attached hydrogen (secondary N) is 3. The van der Waals surface area contributed by atoms with E-state index in [-0.39, 0.29) is 24.2 Å². The smallest absolute Gasteiger partial charge is 0.490 e. The number of benzene rings is 2. The maximum Gasteiger partial charge on any atom is 0.490 e. The number of aryl methyl sites for hydroxylation is 1. The third-order valence-electron chi connectivity index (χ3n) is 8.02. The molecule has 2 aromatic carbocycles. The third kappa shape index (κ3) is 14.3. The average Bonchev–Trinajstić information content (AvgIpc) is 3.13. The van der Waals surface area contributed by atoms with E-state index in [0.717, 1.165) is 61.3 Å². The van der Waals surface area contributed by atoms with Gasteiger partial charge in [-0.3, -0.25) is 30.2 Å². The lowest BCUT2D eigenvalue weighted by Crippen LogP contribution is -2.48. The van der Waals surface area contributed by atoms with Gasteiger partial charge >= 0.3 is 12.1 Å². The van der Waals surface area contributed by atoms with Crippen LogP contribution in [0.2, 0.25) is 0 Å². The van der Waals surface area contributed by atoms with Crippen LogP contribution in [0.25, 0.3) is 11.1 Å². The van der Waals surface area contributed by atoms with Crippen LogP contribution < -0.4 is 15.4 Å². The van der Waals surface area contributed by atoms with Crippen molar-refractivity contribution in [3.05, 3.63) is 83.7 Å². The van der Waals surface area contributed by atoms with Gasteiger partial charge in [-0.15, -0.1) is 0 Å². The molecule has 282 valence electrons. The number of unbranched alkanes of at least 4 members (excludes halogenated alkanes) is 1. The zero-order chi connectivity index (χ0) is 37.9. The number of carboxylic acid groups (broad SMARTS) is 1. The number of carbonyl (C=O) groups excluding carboxylic acids is 2. The molecule has 4 N–H and O–H groups in total. The summed E-state index contributed by atoms with van der Waals surface area (Å²) in [4.78, 5) is 42.4. The second-order valence-corrected chi connectivity index (χ2v) is 12.0. The minimum absolute atomic E-state index is 0.0391. The lowest BCUT2D eigenvalue weighted by atomic mass is 9.99. The van der Waals surface area contributed by atoms with Crippen molar-refractivity contribution in [3.8, 4) is 16.9 Å². The number of aliphatic carboxylic acids is 1. The number of methoxy groups -OCH3 is 1. The monoisotopic (exact) mass is 728 g/mol. The van der Waals surface area contributed by atoms with Crippen molar-refractivity contribution < 1.29 is 42.1 Å². The van der Waals surface area contributed by atoms with E-state index >= 15 is 0 Å². The first-order chi connectivity index (χ1) is 24.9. The molecule has 4 rings (SSSR count).